The third-order valence-corrected chi connectivity index (χ3v) is 3.79. The average Bonchev–Trinajstić information content (AvgIpc) is 2.83. The van der Waals surface area contributed by atoms with Crippen LogP contribution in [0, 0.1) is 0 Å². The Bertz CT molecular complexity index is 453. The van der Waals surface area contributed by atoms with Crippen molar-refractivity contribution >= 4 is 18.2 Å². The highest BCUT2D eigenvalue weighted by molar-refractivity contribution is 5.88. The molecule has 1 aliphatic rings. The Labute approximate surface area is 147 Å². The van der Waals surface area contributed by atoms with Crippen LogP contribution in [0.3, 0.4) is 0 Å². The molecule has 0 aromatic rings. The first-order chi connectivity index (χ1) is 11.9. The molecule has 7 nitrogen and oxygen atoms in total. The summed E-state index contributed by atoms with van der Waals surface area (Å²) < 4.78 is 33.2. The Kier molecular flexibility index (Phi) is 9.33. The summed E-state index contributed by atoms with van der Waals surface area (Å²) in [4.78, 5) is 29.8. The number of hydrogen-bond acceptors (Lipinski definition) is 4. The van der Waals surface area contributed by atoms with Crippen LogP contribution in [0.25, 0.3) is 0 Å². The van der Waals surface area contributed by atoms with E-state index in [0.717, 1.165) is 0 Å². The fourth-order valence-electron chi connectivity index (χ4n) is 2.53. The number of halogens is 2. The molecule has 0 saturated carbocycles. The van der Waals surface area contributed by atoms with Crippen molar-refractivity contribution in [3.05, 3.63) is 0 Å². The normalized spacial score (nSPS) is 17.2. The van der Waals surface area contributed by atoms with Crippen molar-refractivity contribution in [2.75, 3.05) is 39.9 Å². The van der Waals surface area contributed by atoms with Crippen LogP contribution < -0.4 is 10.6 Å². The Hall–Kier alpha value is -1.77. The van der Waals surface area contributed by atoms with Crippen molar-refractivity contribution in [2.45, 2.75) is 44.6 Å². The topological polar surface area (TPSA) is 83.0 Å². The summed E-state index contributed by atoms with van der Waals surface area (Å²) >= 11 is 0. The summed E-state index contributed by atoms with van der Waals surface area (Å²) in [5.41, 5.74) is 0. The second-order valence-electron chi connectivity index (χ2n) is 5.95. The van der Waals surface area contributed by atoms with E-state index in [1.165, 1.54) is 11.1 Å². The van der Waals surface area contributed by atoms with Gasteiger partial charge in [-0.05, 0) is 6.42 Å². The fourth-order valence-corrected chi connectivity index (χ4v) is 2.53. The highest BCUT2D eigenvalue weighted by Crippen LogP contribution is 2.26. The number of carbonyl (C=O) groups is 2. The molecule has 0 radical (unpaired) electrons. The van der Waals surface area contributed by atoms with Crippen LogP contribution in [0.2, 0.25) is 0 Å². The zero-order valence-electron chi connectivity index (χ0n) is 14.9. The van der Waals surface area contributed by atoms with Crippen molar-refractivity contribution in [3.63, 3.8) is 0 Å². The second kappa shape index (κ2) is 11.0. The number of ether oxygens (including phenoxy) is 1. The van der Waals surface area contributed by atoms with E-state index >= 15 is 0 Å². The van der Waals surface area contributed by atoms with Crippen molar-refractivity contribution in [1.82, 2.24) is 15.5 Å². The lowest BCUT2D eigenvalue weighted by atomic mass is 10.0. The van der Waals surface area contributed by atoms with Gasteiger partial charge >= 0.3 is 6.03 Å². The van der Waals surface area contributed by atoms with Crippen LogP contribution in [0.15, 0.2) is 4.99 Å². The molecular formula is C16H28F2N4O3. The van der Waals surface area contributed by atoms with E-state index in [9.17, 15) is 18.4 Å². The molecule has 2 N–H and O–H groups in total. The zero-order valence-corrected chi connectivity index (χ0v) is 14.9. The maximum Gasteiger partial charge on any atom is 0.318 e. The molecule has 3 amide bonds. The number of rotatable bonds is 8. The number of urea groups is 1. The minimum Gasteiger partial charge on any atom is -0.380 e. The van der Waals surface area contributed by atoms with Crippen LogP contribution in [0.5, 0.6) is 0 Å². The first-order valence-corrected chi connectivity index (χ1v) is 8.59. The van der Waals surface area contributed by atoms with Crippen LogP contribution >= 0.6 is 0 Å². The van der Waals surface area contributed by atoms with Crippen LogP contribution in [-0.2, 0) is 9.53 Å². The van der Waals surface area contributed by atoms with Gasteiger partial charge in [-0.3, -0.25) is 9.79 Å². The molecular weight excluding hydrogens is 334 g/mol. The summed E-state index contributed by atoms with van der Waals surface area (Å²) in [6.45, 7) is 3.55. The molecule has 1 saturated heterocycles. The second-order valence-corrected chi connectivity index (χ2v) is 5.95. The number of hydrogen-bond donors (Lipinski definition) is 2. The number of nitrogens with zero attached hydrogens (tertiary/aromatic N) is 2. The fraction of sp³-hybridized carbons (Fsp3) is 0.812. The molecule has 1 aliphatic heterocycles. The number of alkyl halides is 2. The molecule has 144 valence electrons. The SMILES string of the molecule is CCCC(F)(F)C[C@H](NC(=O)N1CCCOCC1)C(=O)NCC=NC. The standard InChI is InChI=1S/C16H28F2N4O3/c1-3-5-16(17,18)12-13(14(23)20-7-6-19-2)21-15(24)22-8-4-10-25-11-9-22/h6,13H,3-5,7-12H2,1-2H3,(H,20,23)(H,21,24)/t13-/m0/s1. The van der Waals surface area contributed by atoms with Crippen molar-refractivity contribution in [2.24, 2.45) is 4.99 Å². The first-order valence-electron chi connectivity index (χ1n) is 8.59. The monoisotopic (exact) mass is 362 g/mol. The van der Waals surface area contributed by atoms with Crippen LogP contribution in [0.4, 0.5) is 13.6 Å². The van der Waals surface area contributed by atoms with E-state index in [-0.39, 0.29) is 13.0 Å². The number of amides is 3. The molecule has 1 heterocycles. The summed E-state index contributed by atoms with van der Waals surface area (Å²) in [6, 6.07) is -1.83. The molecule has 0 aromatic carbocycles. The summed E-state index contributed by atoms with van der Waals surface area (Å²) in [5.74, 6) is -3.67. The van der Waals surface area contributed by atoms with Gasteiger partial charge in [0.2, 0.25) is 5.91 Å². The molecule has 1 fully saturated rings. The van der Waals surface area contributed by atoms with Gasteiger partial charge < -0.3 is 20.3 Å². The lowest BCUT2D eigenvalue weighted by Gasteiger charge is -2.27. The summed E-state index contributed by atoms with van der Waals surface area (Å²) in [6.07, 6.45) is 1.35. The maximum atomic E-state index is 14.0. The van der Waals surface area contributed by atoms with Crippen molar-refractivity contribution < 1.29 is 23.1 Å². The van der Waals surface area contributed by atoms with Gasteiger partial charge in [-0.2, -0.15) is 0 Å². The summed E-state index contributed by atoms with van der Waals surface area (Å²) in [7, 11) is 1.54. The highest BCUT2D eigenvalue weighted by atomic mass is 19.3. The predicted octanol–water partition coefficient (Wildman–Crippen LogP) is 1.43. The molecule has 0 aromatic heterocycles. The quantitative estimate of drug-likeness (QED) is 0.641. The Balaban J connectivity index is 2.74. The molecule has 1 rings (SSSR count). The molecule has 0 aliphatic carbocycles. The van der Waals surface area contributed by atoms with E-state index < -0.39 is 30.3 Å². The molecule has 0 spiro atoms. The van der Waals surface area contributed by atoms with Gasteiger partial charge in [0, 0.05) is 45.8 Å². The van der Waals surface area contributed by atoms with Crippen molar-refractivity contribution in [1.29, 1.82) is 0 Å². The van der Waals surface area contributed by atoms with E-state index in [1.54, 1.807) is 14.0 Å². The largest absolute Gasteiger partial charge is 0.380 e. The highest BCUT2D eigenvalue weighted by Gasteiger charge is 2.36. The van der Waals surface area contributed by atoms with E-state index in [0.29, 0.717) is 39.1 Å². The van der Waals surface area contributed by atoms with Gasteiger partial charge in [-0.15, -0.1) is 0 Å². The Morgan fingerprint density at radius 2 is 2.12 bits per heavy atom. The Morgan fingerprint density at radius 1 is 1.36 bits per heavy atom. The zero-order chi connectivity index (χ0) is 18.7. The molecule has 0 unspecified atom stereocenters. The van der Waals surface area contributed by atoms with Gasteiger partial charge in [0.05, 0.1) is 13.2 Å². The van der Waals surface area contributed by atoms with Gasteiger partial charge in [-0.1, -0.05) is 13.3 Å². The lowest BCUT2D eigenvalue weighted by Crippen LogP contribution is -2.53. The van der Waals surface area contributed by atoms with E-state index in [4.69, 9.17) is 4.74 Å². The van der Waals surface area contributed by atoms with E-state index in [1.807, 2.05) is 0 Å². The minimum atomic E-state index is -3.02. The van der Waals surface area contributed by atoms with Gasteiger partial charge in [-0.25, -0.2) is 13.6 Å². The molecule has 25 heavy (non-hydrogen) atoms. The van der Waals surface area contributed by atoms with Gasteiger partial charge in [0.15, 0.2) is 0 Å². The van der Waals surface area contributed by atoms with Gasteiger partial charge in [0.1, 0.15) is 6.04 Å². The average molecular weight is 362 g/mol. The molecule has 0 bridgehead atoms. The Morgan fingerprint density at radius 3 is 2.80 bits per heavy atom. The molecule has 1 atom stereocenters. The predicted molar refractivity (Wildman–Crippen MR) is 91.2 cm³/mol. The summed E-state index contributed by atoms with van der Waals surface area (Å²) in [5, 5.41) is 4.94. The number of aliphatic imine (C=N–C) groups is 1. The number of carbonyl (C=O) groups excluding carboxylic acids is 2. The van der Waals surface area contributed by atoms with Gasteiger partial charge in [0.25, 0.3) is 5.92 Å². The van der Waals surface area contributed by atoms with Crippen LogP contribution in [0.1, 0.15) is 32.6 Å². The number of nitrogens with one attached hydrogen (secondary N) is 2. The lowest BCUT2D eigenvalue weighted by molar-refractivity contribution is -0.125. The third-order valence-electron chi connectivity index (χ3n) is 3.79. The molecule has 9 heteroatoms. The third kappa shape index (κ3) is 8.24. The smallest absolute Gasteiger partial charge is 0.318 e. The maximum absolute atomic E-state index is 14.0. The van der Waals surface area contributed by atoms with Crippen LogP contribution in [-0.4, -0.2) is 74.9 Å². The minimum absolute atomic E-state index is 0.124. The van der Waals surface area contributed by atoms with E-state index in [2.05, 4.69) is 15.6 Å². The first kappa shape index (κ1) is 21.3. The van der Waals surface area contributed by atoms with Crippen molar-refractivity contribution in [3.8, 4) is 0 Å².